The van der Waals surface area contributed by atoms with Crippen LogP contribution in [0.2, 0.25) is 0 Å². The highest BCUT2D eigenvalue weighted by molar-refractivity contribution is 8.00. The van der Waals surface area contributed by atoms with Crippen LogP contribution in [-0.4, -0.2) is 34.5 Å². The molecule has 0 fully saturated rings. The van der Waals surface area contributed by atoms with Crippen LogP contribution in [0.4, 0.5) is 8.78 Å². The number of carbonyl (C=O) groups excluding carboxylic acids is 1. The van der Waals surface area contributed by atoms with Crippen molar-refractivity contribution in [3.05, 3.63) is 60.2 Å². The van der Waals surface area contributed by atoms with Crippen LogP contribution in [0.3, 0.4) is 0 Å². The average Bonchev–Trinajstić information content (AvgIpc) is 2.98. The lowest BCUT2D eigenvalue weighted by atomic mass is 10.1. The number of likely N-dealkylation sites (N-methyl/N-ethyl adjacent to an activating group) is 1. The van der Waals surface area contributed by atoms with Crippen molar-refractivity contribution < 1.29 is 13.6 Å². The van der Waals surface area contributed by atoms with E-state index in [-0.39, 0.29) is 11.1 Å². The van der Waals surface area contributed by atoms with Gasteiger partial charge in [-0.05, 0) is 17.7 Å². The number of alkyl halides is 2. The minimum absolute atomic E-state index is 0.125. The minimum atomic E-state index is -2.74. The van der Waals surface area contributed by atoms with Gasteiger partial charge in [0.1, 0.15) is 5.25 Å². The molecule has 7 heteroatoms. The Morgan fingerprint density at radius 3 is 2.36 bits per heavy atom. The predicted octanol–water partition coefficient (Wildman–Crippen LogP) is 4.35. The fourth-order valence-electron chi connectivity index (χ4n) is 2.52. The third kappa shape index (κ3) is 3.51. The van der Waals surface area contributed by atoms with Gasteiger partial charge in [-0.25, -0.2) is 4.98 Å². The molecule has 0 saturated carbocycles. The van der Waals surface area contributed by atoms with Crippen LogP contribution < -0.4 is 0 Å². The van der Waals surface area contributed by atoms with Crippen LogP contribution in [0.5, 0.6) is 0 Å². The van der Waals surface area contributed by atoms with Gasteiger partial charge in [-0.2, -0.15) is 8.78 Å². The maximum Gasteiger partial charge on any atom is 0.321 e. The summed E-state index contributed by atoms with van der Waals surface area (Å²) in [5.74, 6) is -0.177. The Labute approximate surface area is 148 Å². The third-order valence-corrected chi connectivity index (χ3v) is 4.96. The maximum absolute atomic E-state index is 13.6. The Bertz CT molecular complexity index is 880. The normalized spacial score (nSPS) is 12.5. The fourth-order valence-corrected chi connectivity index (χ4v) is 3.78. The number of fused-ring (bicyclic) bond motifs is 1. The summed E-state index contributed by atoms with van der Waals surface area (Å²) in [6.45, 7) is -2.74. The molecular weight excluding hydrogens is 344 g/mol. The van der Waals surface area contributed by atoms with Gasteiger partial charge in [-0.1, -0.05) is 54.2 Å². The molecule has 1 heterocycles. The van der Waals surface area contributed by atoms with E-state index in [0.29, 0.717) is 11.0 Å². The highest BCUT2D eigenvalue weighted by Gasteiger charge is 2.28. The van der Waals surface area contributed by atoms with Crippen molar-refractivity contribution in [1.29, 1.82) is 0 Å². The van der Waals surface area contributed by atoms with Gasteiger partial charge in [-0.3, -0.25) is 9.36 Å². The van der Waals surface area contributed by atoms with E-state index in [2.05, 4.69) is 4.98 Å². The van der Waals surface area contributed by atoms with Crippen molar-refractivity contribution in [3.63, 3.8) is 0 Å². The van der Waals surface area contributed by atoms with E-state index < -0.39 is 11.8 Å². The second-order valence-electron chi connectivity index (χ2n) is 5.67. The monoisotopic (exact) mass is 361 g/mol. The quantitative estimate of drug-likeness (QED) is 0.634. The molecule has 1 aromatic heterocycles. The number of thioether (sulfide) groups is 1. The minimum Gasteiger partial charge on any atom is -0.348 e. The van der Waals surface area contributed by atoms with Crippen molar-refractivity contribution in [2.75, 3.05) is 14.1 Å². The van der Waals surface area contributed by atoms with Gasteiger partial charge in [0.25, 0.3) is 0 Å². The number of nitrogens with zero attached hydrogens (tertiary/aromatic N) is 3. The number of hydrogen-bond acceptors (Lipinski definition) is 3. The van der Waals surface area contributed by atoms with Crippen molar-refractivity contribution in [2.24, 2.45) is 0 Å². The van der Waals surface area contributed by atoms with Crippen LogP contribution in [0.1, 0.15) is 17.4 Å². The molecule has 2 aromatic carbocycles. The second kappa shape index (κ2) is 7.23. The van der Waals surface area contributed by atoms with Gasteiger partial charge in [0, 0.05) is 14.1 Å². The van der Waals surface area contributed by atoms with Crippen molar-refractivity contribution in [3.8, 4) is 0 Å². The molecule has 1 amide bonds. The number of benzene rings is 2. The molecule has 3 rings (SSSR count). The number of halogens is 2. The molecule has 0 unspecified atom stereocenters. The van der Waals surface area contributed by atoms with Crippen LogP contribution in [-0.2, 0) is 4.79 Å². The summed E-state index contributed by atoms with van der Waals surface area (Å²) in [5, 5.41) is -0.522. The fraction of sp³-hybridized carbons (Fsp3) is 0.222. The predicted molar refractivity (Wildman–Crippen MR) is 94.7 cm³/mol. The van der Waals surface area contributed by atoms with E-state index in [0.717, 1.165) is 21.9 Å². The summed E-state index contributed by atoms with van der Waals surface area (Å²) < 4.78 is 28.1. The van der Waals surface area contributed by atoms with Gasteiger partial charge in [0.15, 0.2) is 5.16 Å². The molecular formula is C18H17F2N3OS. The number of para-hydroxylation sites is 2. The lowest BCUT2D eigenvalue weighted by Gasteiger charge is -2.20. The summed E-state index contributed by atoms with van der Waals surface area (Å²) in [5.41, 5.74) is 1.58. The molecule has 1 atom stereocenters. The molecule has 0 saturated heterocycles. The summed E-state index contributed by atoms with van der Waals surface area (Å²) >= 11 is 1.04. The summed E-state index contributed by atoms with van der Waals surface area (Å²) in [6.07, 6.45) is 0. The van der Waals surface area contributed by atoms with Crippen LogP contribution in [0.15, 0.2) is 59.8 Å². The zero-order chi connectivity index (χ0) is 18.0. The first kappa shape index (κ1) is 17.4. The van der Waals surface area contributed by atoms with Gasteiger partial charge in [0.05, 0.1) is 11.0 Å². The molecule has 0 radical (unpaired) electrons. The topological polar surface area (TPSA) is 38.1 Å². The smallest absolute Gasteiger partial charge is 0.321 e. The van der Waals surface area contributed by atoms with Gasteiger partial charge >= 0.3 is 6.55 Å². The second-order valence-corrected chi connectivity index (χ2v) is 6.74. The van der Waals surface area contributed by atoms with Crippen LogP contribution >= 0.6 is 11.8 Å². The van der Waals surface area contributed by atoms with Gasteiger partial charge in [-0.15, -0.1) is 0 Å². The Balaban J connectivity index is 2.07. The largest absolute Gasteiger partial charge is 0.348 e. The molecule has 130 valence electrons. The number of carbonyl (C=O) groups is 1. The van der Waals surface area contributed by atoms with E-state index >= 15 is 0 Å². The number of hydrogen-bond donors (Lipinski definition) is 0. The zero-order valence-electron chi connectivity index (χ0n) is 13.8. The van der Waals surface area contributed by atoms with E-state index in [4.69, 9.17) is 0 Å². The van der Waals surface area contributed by atoms with E-state index in [1.165, 1.54) is 4.90 Å². The van der Waals surface area contributed by atoms with E-state index in [1.807, 2.05) is 30.3 Å². The van der Waals surface area contributed by atoms with Crippen LogP contribution in [0.25, 0.3) is 11.0 Å². The standard InChI is InChI=1S/C18H17F2N3OS/c1-22(2)16(24)15(12-8-4-3-5-9-12)25-18-21-13-10-6-7-11-14(13)23(18)17(19)20/h3-11,15,17H,1-2H3/t15-/m1/s1. The lowest BCUT2D eigenvalue weighted by Crippen LogP contribution is -2.27. The molecule has 25 heavy (non-hydrogen) atoms. The first-order valence-electron chi connectivity index (χ1n) is 7.67. The first-order chi connectivity index (χ1) is 12.0. The summed E-state index contributed by atoms with van der Waals surface area (Å²) in [4.78, 5) is 18.4. The first-order valence-corrected chi connectivity index (χ1v) is 8.55. The molecule has 0 bridgehead atoms. The van der Waals surface area contributed by atoms with E-state index in [1.54, 1.807) is 38.4 Å². The number of rotatable bonds is 5. The number of aromatic nitrogens is 2. The lowest BCUT2D eigenvalue weighted by molar-refractivity contribution is -0.128. The summed E-state index contributed by atoms with van der Waals surface area (Å²) in [6, 6.07) is 15.8. The molecule has 0 spiro atoms. The molecule has 3 aromatic rings. The average molecular weight is 361 g/mol. The molecule has 0 aliphatic heterocycles. The molecule has 0 aliphatic carbocycles. The SMILES string of the molecule is CN(C)C(=O)[C@H](Sc1nc2ccccc2n1C(F)F)c1ccccc1. The zero-order valence-corrected chi connectivity index (χ0v) is 14.6. The molecule has 0 aliphatic rings. The Morgan fingerprint density at radius 1 is 1.08 bits per heavy atom. The van der Waals surface area contributed by atoms with Crippen molar-refractivity contribution in [1.82, 2.24) is 14.5 Å². The number of imidazole rings is 1. The van der Waals surface area contributed by atoms with Crippen molar-refractivity contribution in [2.45, 2.75) is 17.0 Å². The third-order valence-electron chi connectivity index (χ3n) is 3.75. The van der Waals surface area contributed by atoms with E-state index in [9.17, 15) is 13.6 Å². The number of amides is 1. The Kier molecular flexibility index (Phi) is 5.03. The van der Waals surface area contributed by atoms with Crippen LogP contribution in [0, 0.1) is 0 Å². The van der Waals surface area contributed by atoms with Gasteiger partial charge < -0.3 is 4.90 Å². The maximum atomic E-state index is 13.6. The molecule has 4 nitrogen and oxygen atoms in total. The van der Waals surface area contributed by atoms with Crippen molar-refractivity contribution >= 4 is 28.7 Å². The highest BCUT2D eigenvalue weighted by Crippen LogP contribution is 2.39. The Morgan fingerprint density at radius 2 is 1.72 bits per heavy atom. The highest BCUT2D eigenvalue weighted by atomic mass is 32.2. The Hall–Kier alpha value is -2.41. The molecule has 0 N–H and O–H groups in total. The van der Waals surface area contributed by atoms with Gasteiger partial charge in [0.2, 0.25) is 5.91 Å². The summed E-state index contributed by atoms with van der Waals surface area (Å²) in [7, 11) is 3.30.